The number of carbonyl (C=O) groups excluding carboxylic acids is 1. The zero-order valence-electron chi connectivity index (χ0n) is 17.7. The second kappa shape index (κ2) is 8.82. The topological polar surface area (TPSA) is 75.4 Å². The molecule has 31 heavy (non-hydrogen) atoms. The predicted molar refractivity (Wildman–Crippen MR) is 106 cm³/mol. The van der Waals surface area contributed by atoms with Crippen molar-refractivity contribution >= 4 is 11.9 Å². The van der Waals surface area contributed by atoms with E-state index in [-0.39, 0.29) is 48.9 Å². The number of aliphatic carboxylic acids is 1. The normalized spacial score (nSPS) is 25.3. The molecular weight excluding hydrogens is 411 g/mol. The molecule has 4 rings (SSSR count). The lowest BCUT2D eigenvalue weighted by atomic mass is 9.80. The number of amides is 1. The summed E-state index contributed by atoms with van der Waals surface area (Å²) >= 11 is 0. The first-order chi connectivity index (χ1) is 14.7. The summed E-state index contributed by atoms with van der Waals surface area (Å²) in [4.78, 5) is 25.7. The SMILES string of the molecule is O=C(C[C@H]1CC[C@@H](C(=O)O)CC1)N1CCc2c(C(F)(F)F)nn(C3CCCCC3)c2C1. The van der Waals surface area contributed by atoms with Crippen molar-refractivity contribution in [3.05, 3.63) is 17.0 Å². The quantitative estimate of drug-likeness (QED) is 0.743. The number of carbonyl (C=O) groups is 2. The van der Waals surface area contributed by atoms with E-state index in [9.17, 15) is 22.8 Å². The Kier molecular flexibility index (Phi) is 6.30. The lowest BCUT2D eigenvalue weighted by Crippen LogP contribution is -2.38. The summed E-state index contributed by atoms with van der Waals surface area (Å²) in [5, 5.41) is 13.2. The molecule has 0 spiro atoms. The third kappa shape index (κ3) is 4.75. The number of nitrogens with zero attached hydrogens (tertiary/aromatic N) is 3. The highest BCUT2D eigenvalue weighted by Gasteiger charge is 2.42. The first-order valence-electron chi connectivity index (χ1n) is 11.4. The van der Waals surface area contributed by atoms with E-state index in [1.807, 2.05) is 0 Å². The monoisotopic (exact) mass is 441 g/mol. The summed E-state index contributed by atoms with van der Waals surface area (Å²) in [6, 6.07) is -0.0278. The van der Waals surface area contributed by atoms with Gasteiger partial charge in [-0.3, -0.25) is 14.3 Å². The van der Waals surface area contributed by atoms with Gasteiger partial charge in [-0.1, -0.05) is 19.3 Å². The van der Waals surface area contributed by atoms with Crippen LogP contribution < -0.4 is 0 Å². The maximum absolute atomic E-state index is 13.6. The number of hydrogen-bond donors (Lipinski definition) is 1. The fraction of sp³-hybridized carbons (Fsp3) is 0.773. The minimum Gasteiger partial charge on any atom is -0.481 e. The summed E-state index contributed by atoms with van der Waals surface area (Å²) in [6.45, 7) is 0.452. The van der Waals surface area contributed by atoms with Crippen LogP contribution in [0.5, 0.6) is 0 Å². The van der Waals surface area contributed by atoms with Gasteiger partial charge in [-0.05, 0) is 50.9 Å². The van der Waals surface area contributed by atoms with Gasteiger partial charge < -0.3 is 10.0 Å². The van der Waals surface area contributed by atoms with E-state index >= 15 is 0 Å². The summed E-state index contributed by atoms with van der Waals surface area (Å²) in [5.41, 5.74) is 0.0182. The van der Waals surface area contributed by atoms with Crippen molar-refractivity contribution < 1.29 is 27.9 Å². The van der Waals surface area contributed by atoms with Crippen LogP contribution in [-0.4, -0.2) is 38.2 Å². The Labute approximate surface area is 179 Å². The first-order valence-corrected chi connectivity index (χ1v) is 11.4. The Morgan fingerprint density at radius 3 is 2.32 bits per heavy atom. The van der Waals surface area contributed by atoms with Crippen LogP contribution in [0.25, 0.3) is 0 Å². The van der Waals surface area contributed by atoms with Gasteiger partial charge in [0.1, 0.15) is 0 Å². The van der Waals surface area contributed by atoms with Gasteiger partial charge in [-0.2, -0.15) is 18.3 Å². The maximum atomic E-state index is 13.6. The molecule has 0 radical (unpaired) electrons. The number of hydrogen-bond acceptors (Lipinski definition) is 3. The van der Waals surface area contributed by atoms with E-state index in [2.05, 4.69) is 5.10 Å². The van der Waals surface area contributed by atoms with Gasteiger partial charge in [0.05, 0.1) is 24.2 Å². The van der Waals surface area contributed by atoms with Crippen molar-refractivity contribution in [3.63, 3.8) is 0 Å². The molecule has 0 unspecified atom stereocenters. The molecule has 6 nitrogen and oxygen atoms in total. The minimum atomic E-state index is -4.49. The number of alkyl halides is 3. The summed E-state index contributed by atoms with van der Waals surface area (Å²) in [6.07, 6.45) is 3.34. The highest BCUT2D eigenvalue weighted by atomic mass is 19.4. The average Bonchev–Trinajstić information content (AvgIpc) is 3.14. The number of aromatic nitrogens is 2. The molecule has 0 aromatic carbocycles. The lowest BCUT2D eigenvalue weighted by Gasteiger charge is -2.32. The summed E-state index contributed by atoms with van der Waals surface area (Å²) in [7, 11) is 0. The minimum absolute atomic E-state index is 0.0278. The number of carboxylic acid groups (broad SMARTS) is 1. The van der Waals surface area contributed by atoms with Crippen molar-refractivity contribution in [2.75, 3.05) is 6.54 Å². The maximum Gasteiger partial charge on any atom is 0.435 e. The van der Waals surface area contributed by atoms with E-state index in [0.29, 0.717) is 37.8 Å². The molecule has 2 fully saturated rings. The molecule has 1 amide bonds. The van der Waals surface area contributed by atoms with Crippen LogP contribution in [0, 0.1) is 11.8 Å². The molecule has 1 aliphatic heterocycles. The highest BCUT2D eigenvalue weighted by Crippen LogP contribution is 2.39. The van der Waals surface area contributed by atoms with Crippen molar-refractivity contribution in [2.24, 2.45) is 11.8 Å². The second-order valence-corrected chi connectivity index (χ2v) is 9.33. The third-order valence-electron chi connectivity index (χ3n) is 7.29. The molecule has 1 aromatic heterocycles. The molecule has 0 saturated heterocycles. The van der Waals surface area contributed by atoms with Crippen LogP contribution in [0.1, 0.15) is 87.2 Å². The van der Waals surface area contributed by atoms with Gasteiger partial charge in [0, 0.05) is 18.5 Å². The van der Waals surface area contributed by atoms with E-state index in [4.69, 9.17) is 5.11 Å². The van der Waals surface area contributed by atoms with Gasteiger partial charge in [0.15, 0.2) is 5.69 Å². The Morgan fingerprint density at radius 2 is 1.71 bits per heavy atom. The van der Waals surface area contributed by atoms with Crippen molar-refractivity contribution in [2.45, 2.75) is 89.4 Å². The molecule has 172 valence electrons. The van der Waals surface area contributed by atoms with Gasteiger partial charge >= 0.3 is 12.1 Å². The molecule has 1 aromatic rings. The van der Waals surface area contributed by atoms with Crippen LogP contribution in [0.4, 0.5) is 13.2 Å². The van der Waals surface area contributed by atoms with Crippen LogP contribution in [0.15, 0.2) is 0 Å². The molecule has 2 heterocycles. The number of halogens is 3. The molecule has 3 aliphatic rings. The van der Waals surface area contributed by atoms with Crippen LogP contribution in [0.2, 0.25) is 0 Å². The zero-order chi connectivity index (χ0) is 22.2. The van der Waals surface area contributed by atoms with E-state index in [1.165, 1.54) is 0 Å². The van der Waals surface area contributed by atoms with Gasteiger partial charge in [0.25, 0.3) is 0 Å². The predicted octanol–water partition coefficient (Wildman–Crippen LogP) is 4.57. The van der Waals surface area contributed by atoms with E-state index < -0.39 is 17.8 Å². The fourth-order valence-electron chi connectivity index (χ4n) is 5.50. The Bertz CT molecular complexity index is 822. The van der Waals surface area contributed by atoms with Crippen LogP contribution in [0.3, 0.4) is 0 Å². The number of fused-ring (bicyclic) bond motifs is 1. The van der Waals surface area contributed by atoms with Crippen LogP contribution >= 0.6 is 0 Å². The van der Waals surface area contributed by atoms with E-state index in [0.717, 1.165) is 32.1 Å². The summed E-state index contributed by atoms with van der Waals surface area (Å²) in [5.74, 6) is -0.993. The highest BCUT2D eigenvalue weighted by molar-refractivity contribution is 5.77. The lowest BCUT2D eigenvalue weighted by molar-refractivity contribution is -0.143. The van der Waals surface area contributed by atoms with Crippen molar-refractivity contribution in [1.82, 2.24) is 14.7 Å². The van der Waals surface area contributed by atoms with Crippen molar-refractivity contribution in [3.8, 4) is 0 Å². The molecular formula is C22H30F3N3O3. The Balaban J connectivity index is 1.47. The van der Waals surface area contributed by atoms with Gasteiger partial charge in [-0.25, -0.2) is 0 Å². The Morgan fingerprint density at radius 1 is 1.03 bits per heavy atom. The van der Waals surface area contributed by atoms with Crippen molar-refractivity contribution in [1.29, 1.82) is 0 Å². The molecule has 0 bridgehead atoms. The molecule has 2 aliphatic carbocycles. The standard InChI is InChI=1S/C22H30F3N3O3/c23-22(24,25)20-17-10-11-27(13-18(17)28(26-20)16-4-2-1-3-5-16)19(29)12-14-6-8-15(9-7-14)21(30)31/h14-16H,1-13H2,(H,30,31)/t14-,15+. The zero-order valence-corrected chi connectivity index (χ0v) is 17.7. The average molecular weight is 441 g/mol. The van der Waals surface area contributed by atoms with Gasteiger partial charge in [-0.15, -0.1) is 0 Å². The number of carboxylic acids is 1. The summed E-state index contributed by atoms with van der Waals surface area (Å²) < 4.78 is 42.4. The number of rotatable bonds is 4. The second-order valence-electron chi connectivity index (χ2n) is 9.33. The third-order valence-corrected chi connectivity index (χ3v) is 7.29. The van der Waals surface area contributed by atoms with E-state index in [1.54, 1.807) is 9.58 Å². The largest absolute Gasteiger partial charge is 0.481 e. The molecule has 1 N–H and O–H groups in total. The molecule has 2 saturated carbocycles. The fourth-order valence-corrected chi connectivity index (χ4v) is 5.50. The molecule has 0 atom stereocenters. The van der Waals surface area contributed by atoms with Gasteiger partial charge in [0.2, 0.25) is 5.91 Å². The first kappa shape index (κ1) is 22.1. The smallest absolute Gasteiger partial charge is 0.435 e. The Hall–Kier alpha value is -2.06. The molecule has 9 heteroatoms. The van der Waals surface area contributed by atoms with Crippen LogP contribution in [-0.2, 0) is 28.7 Å².